The fourth-order valence-electron chi connectivity index (χ4n) is 1.71. The van der Waals surface area contributed by atoms with E-state index in [9.17, 15) is 0 Å². The predicted molar refractivity (Wildman–Crippen MR) is 78.1 cm³/mol. The molecule has 0 aliphatic carbocycles. The maximum atomic E-state index is 6.10. The lowest BCUT2D eigenvalue weighted by Crippen LogP contribution is -2.06. The van der Waals surface area contributed by atoms with Crippen LogP contribution >= 0.6 is 23.4 Å². The molecular weight excluding hydrogens is 266 g/mol. The molecular formula is C13H16ClN3S. The van der Waals surface area contributed by atoms with Gasteiger partial charge in [0.25, 0.3) is 0 Å². The van der Waals surface area contributed by atoms with Crippen LogP contribution in [0, 0.1) is 0 Å². The molecule has 1 unspecified atom stereocenters. The van der Waals surface area contributed by atoms with Gasteiger partial charge in [-0.05, 0) is 24.3 Å². The first-order chi connectivity index (χ1) is 8.72. The van der Waals surface area contributed by atoms with Crippen LogP contribution in [0.4, 0.5) is 0 Å². The molecule has 5 heteroatoms. The summed E-state index contributed by atoms with van der Waals surface area (Å²) in [6, 6.07) is 10.0. The average Bonchev–Trinajstić information content (AvgIpc) is 2.78. The van der Waals surface area contributed by atoms with Gasteiger partial charge in [0, 0.05) is 17.4 Å². The normalized spacial score (nSPS) is 12.6. The van der Waals surface area contributed by atoms with E-state index in [1.165, 1.54) is 0 Å². The zero-order valence-corrected chi connectivity index (χ0v) is 12.1. The summed E-state index contributed by atoms with van der Waals surface area (Å²) in [6.07, 6.45) is 3.18. The van der Waals surface area contributed by atoms with Crippen molar-refractivity contribution in [2.45, 2.75) is 25.1 Å². The van der Waals surface area contributed by atoms with E-state index in [1.54, 1.807) is 0 Å². The van der Waals surface area contributed by atoms with Crippen LogP contribution in [-0.4, -0.2) is 26.3 Å². The quantitative estimate of drug-likeness (QED) is 0.836. The highest BCUT2D eigenvalue weighted by atomic mass is 35.5. The molecule has 1 atom stereocenters. The fraction of sp³-hybridized carbons (Fsp3) is 0.385. The molecule has 1 heterocycles. The summed E-state index contributed by atoms with van der Waals surface area (Å²) < 4.78 is 1.98. The van der Waals surface area contributed by atoms with Crippen molar-refractivity contribution in [1.29, 1.82) is 0 Å². The van der Waals surface area contributed by atoms with Crippen molar-refractivity contribution in [2.24, 2.45) is 0 Å². The first kappa shape index (κ1) is 13.4. The van der Waals surface area contributed by atoms with E-state index in [4.69, 9.17) is 11.6 Å². The Morgan fingerprint density at radius 3 is 2.67 bits per heavy atom. The Labute approximate surface area is 117 Å². The van der Waals surface area contributed by atoms with Gasteiger partial charge in [-0.3, -0.25) is 4.57 Å². The minimum Gasteiger partial charge on any atom is -0.298 e. The number of rotatable bonds is 5. The topological polar surface area (TPSA) is 30.7 Å². The van der Waals surface area contributed by atoms with Gasteiger partial charge in [-0.2, -0.15) is 11.8 Å². The van der Waals surface area contributed by atoms with Crippen molar-refractivity contribution < 1.29 is 0 Å². The summed E-state index contributed by atoms with van der Waals surface area (Å²) in [5.41, 5.74) is 1.05. The van der Waals surface area contributed by atoms with Gasteiger partial charge in [0.15, 0.2) is 5.82 Å². The van der Waals surface area contributed by atoms with Gasteiger partial charge >= 0.3 is 0 Å². The SMILES string of the molecule is CSC(C)CCn1c(Cl)nnc1-c1ccccc1. The largest absolute Gasteiger partial charge is 0.298 e. The second kappa shape index (κ2) is 6.25. The maximum Gasteiger partial charge on any atom is 0.225 e. The summed E-state index contributed by atoms with van der Waals surface area (Å²) in [7, 11) is 0. The van der Waals surface area contributed by atoms with Gasteiger partial charge in [0.05, 0.1) is 0 Å². The summed E-state index contributed by atoms with van der Waals surface area (Å²) in [5, 5.41) is 9.20. The molecule has 1 aromatic heterocycles. The van der Waals surface area contributed by atoms with E-state index >= 15 is 0 Å². The molecule has 0 radical (unpaired) electrons. The molecule has 0 saturated carbocycles. The molecule has 2 rings (SSSR count). The number of thioether (sulfide) groups is 1. The van der Waals surface area contributed by atoms with Crippen LogP contribution < -0.4 is 0 Å². The van der Waals surface area contributed by atoms with E-state index in [0.29, 0.717) is 10.5 Å². The van der Waals surface area contributed by atoms with Gasteiger partial charge in [-0.15, -0.1) is 10.2 Å². The summed E-state index contributed by atoms with van der Waals surface area (Å²) in [4.78, 5) is 0. The third-order valence-electron chi connectivity index (χ3n) is 2.90. The number of hydrogen-bond acceptors (Lipinski definition) is 3. The van der Waals surface area contributed by atoms with Crippen molar-refractivity contribution in [3.63, 3.8) is 0 Å². The lowest BCUT2D eigenvalue weighted by atomic mass is 10.2. The monoisotopic (exact) mass is 281 g/mol. The van der Waals surface area contributed by atoms with Crippen LogP contribution in [0.25, 0.3) is 11.4 Å². The van der Waals surface area contributed by atoms with Crippen molar-refractivity contribution in [2.75, 3.05) is 6.26 Å². The highest BCUT2D eigenvalue weighted by Gasteiger charge is 2.12. The molecule has 0 aliphatic heterocycles. The lowest BCUT2D eigenvalue weighted by molar-refractivity contribution is 0.644. The number of nitrogens with zero attached hydrogens (tertiary/aromatic N) is 3. The minimum atomic E-state index is 0.460. The summed E-state index contributed by atoms with van der Waals surface area (Å²) in [5.74, 6) is 0.842. The van der Waals surface area contributed by atoms with Gasteiger partial charge in [-0.25, -0.2) is 0 Å². The third kappa shape index (κ3) is 3.06. The van der Waals surface area contributed by atoms with Crippen molar-refractivity contribution in [1.82, 2.24) is 14.8 Å². The van der Waals surface area contributed by atoms with Crippen molar-refractivity contribution in [3.8, 4) is 11.4 Å². The second-order valence-corrected chi connectivity index (χ2v) is 5.76. The maximum absolute atomic E-state index is 6.10. The fourth-order valence-corrected chi connectivity index (χ4v) is 2.26. The summed E-state index contributed by atoms with van der Waals surface area (Å²) >= 11 is 7.96. The Hall–Kier alpha value is -1.00. The van der Waals surface area contributed by atoms with Crippen LogP contribution in [0.15, 0.2) is 30.3 Å². The van der Waals surface area contributed by atoms with Crippen molar-refractivity contribution in [3.05, 3.63) is 35.6 Å². The van der Waals surface area contributed by atoms with Crippen LogP contribution in [0.2, 0.25) is 5.28 Å². The van der Waals surface area contributed by atoms with Crippen LogP contribution in [-0.2, 0) is 6.54 Å². The highest BCUT2D eigenvalue weighted by molar-refractivity contribution is 7.99. The Morgan fingerprint density at radius 1 is 1.28 bits per heavy atom. The number of hydrogen-bond donors (Lipinski definition) is 0. The molecule has 0 N–H and O–H groups in total. The Morgan fingerprint density at radius 2 is 2.00 bits per heavy atom. The van der Waals surface area contributed by atoms with E-state index < -0.39 is 0 Å². The zero-order valence-electron chi connectivity index (χ0n) is 10.5. The van der Waals surface area contributed by atoms with Gasteiger partial charge in [0.1, 0.15) is 0 Å². The molecule has 0 spiro atoms. The molecule has 0 bridgehead atoms. The van der Waals surface area contributed by atoms with Crippen molar-refractivity contribution >= 4 is 23.4 Å². The molecule has 18 heavy (non-hydrogen) atoms. The van der Waals surface area contributed by atoms with E-state index in [0.717, 1.165) is 24.4 Å². The minimum absolute atomic E-state index is 0.460. The molecule has 96 valence electrons. The molecule has 1 aromatic carbocycles. The van der Waals surface area contributed by atoms with E-state index in [1.807, 2.05) is 46.7 Å². The first-order valence-corrected chi connectivity index (χ1v) is 7.56. The smallest absolute Gasteiger partial charge is 0.225 e. The standard InChI is InChI=1S/C13H16ClN3S/c1-10(18-2)8-9-17-12(15-16-13(17)14)11-6-4-3-5-7-11/h3-7,10H,8-9H2,1-2H3. The van der Waals surface area contributed by atoms with Crippen LogP contribution in [0.3, 0.4) is 0 Å². The predicted octanol–water partition coefficient (Wildman–Crippen LogP) is 3.74. The molecule has 0 fully saturated rings. The molecule has 0 amide bonds. The van der Waals surface area contributed by atoms with Gasteiger partial charge in [-0.1, -0.05) is 37.3 Å². The van der Waals surface area contributed by atoms with Crippen LogP contribution in [0.5, 0.6) is 0 Å². The van der Waals surface area contributed by atoms with E-state index in [2.05, 4.69) is 23.4 Å². The molecule has 0 saturated heterocycles. The molecule has 2 aromatic rings. The van der Waals surface area contributed by atoms with Crippen LogP contribution in [0.1, 0.15) is 13.3 Å². The number of halogens is 1. The summed E-state index contributed by atoms with van der Waals surface area (Å²) in [6.45, 7) is 3.06. The Kier molecular flexibility index (Phi) is 4.66. The van der Waals surface area contributed by atoms with E-state index in [-0.39, 0.29) is 0 Å². The number of aromatic nitrogens is 3. The third-order valence-corrected chi connectivity index (χ3v) is 4.22. The Balaban J connectivity index is 2.22. The second-order valence-electron chi connectivity index (χ2n) is 4.15. The molecule has 3 nitrogen and oxygen atoms in total. The first-order valence-electron chi connectivity index (χ1n) is 5.89. The molecule has 0 aliphatic rings. The zero-order chi connectivity index (χ0) is 13.0. The number of benzene rings is 1. The highest BCUT2D eigenvalue weighted by Crippen LogP contribution is 2.22. The van der Waals surface area contributed by atoms with Gasteiger partial charge < -0.3 is 0 Å². The lowest BCUT2D eigenvalue weighted by Gasteiger charge is -2.11. The van der Waals surface area contributed by atoms with Gasteiger partial charge in [0.2, 0.25) is 5.28 Å². The Bertz CT molecular complexity index is 498. The average molecular weight is 282 g/mol.